The zero-order valence-electron chi connectivity index (χ0n) is 22.0. The van der Waals surface area contributed by atoms with Crippen molar-refractivity contribution >= 4 is 39.3 Å². The highest BCUT2D eigenvalue weighted by molar-refractivity contribution is 9.09. The molecule has 0 aliphatic carbocycles. The van der Waals surface area contributed by atoms with Crippen LogP contribution in [-0.2, 0) is 25.5 Å². The Bertz CT molecular complexity index is 1210. The van der Waals surface area contributed by atoms with E-state index in [-0.39, 0.29) is 23.2 Å². The van der Waals surface area contributed by atoms with Crippen LogP contribution in [0.5, 0.6) is 5.75 Å². The molecule has 1 spiro atoms. The number of hydrogen-bond donors (Lipinski definition) is 3. The lowest BCUT2D eigenvalue weighted by molar-refractivity contribution is -0.144. The first-order valence-corrected chi connectivity index (χ1v) is 14.3. The van der Waals surface area contributed by atoms with E-state index in [1.165, 1.54) is 4.90 Å². The van der Waals surface area contributed by atoms with Gasteiger partial charge in [0.05, 0.1) is 37.7 Å². The van der Waals surface area contributed by atoms with Crippen molar-refractivity contribution in [1.29, 1.82) is 0 Å². The second kappa shape index (κ2) is 11.3. The zero-order valence-corrected chi connectivity index (χ0v) is 23.6. The molecule has 7 atom stereocenters. The molecule has 5 rings (SSSR count). The molecule has 3 fully saturated rings. The van der Waals surface area contributed by atoms with E-state index < -0.39 is 41.5 Å². The van der Waals surface area contributed by atoms with Crippen molar-refractivity contribution in [3.63, 3.8) is 0 Å². The van der Waals surface area contributed by atoms with E-state index in [0.29, 0.717) is 30.8 Å². The molecule has 2 bridgehead atoms. The van der Waals surface area contributed by atoms with Crippen molar-refractivity contribution in [2.75, 3.05) is 25.6 Å². The number of fused-ring (bicyclic) bond motifs is 1. The maximum atomic E-state index is 14.3. The number of alkyl halides is 1. The predicted octanol–water partition coefficient (Wildman–Crippen LogP) is 2.51. The summed E-state index contributed by atoms with van der Waals surface area (Å²) < 4.78 is 11.8. The van der Waals surface area contributed by atoms with Crippen LogP contribution in [0, 0.1) is 11.8 Å². The maximum Gasteiger partial charge on any atom is 0.250 e. The minimum absolute atomic E-state index is 0.197. The van der Waals surface area contributed by atoms with E-state index in [9.17, 15) is 19.5 Å². The van der Waals surface area contributed by atoms with E-state index in [2.05, 4.69) is 26.6 Å². The summed E-state index contributed by atoms with van der Waals surface area (Å²) in [6.45, 7) is 2.11. The molecular weight excluding hydrogens is 566 g/mol. The third-order valence-corrected chi connectivity index (χ3v) is 8.95. The molecule has 3 unspecified atom stereocenters. The molecule has 2 aromatic carbocycles. The molecular formula is C29H34BrN3O6. The zero-order chi connectivity index (χ0) is 27.7. The molecule has 208 valence electrons. The number of amides is 3. The van der Waals surface area contributed by atoms with Gasteiger partial charge in [0.25, 0.3) is 0 Å². The summed E-state index contributed by atoms with van der Waals surface area (Å²) in [6.07, 6.45) is 0.975. The summed E-state index contributed by atoms with van der Waals surface area (Å²) in [6, 6.07) is 14.7. The maximum absolute atomic E-state index is 14.3. The minimum Gasteiger partial charge on any atom is -0.497 e. The Kier molecular flexibility index (Phi) is 7.98. The second-order valence-electron chi connectivity index (χ2n) is 10.4. The Balaban J connectivity index is 1.53. The summed E-state index contributed by atoms with van der Waals surface area (Å²) in [5.74, 6) is -1.92. The minimum atomic E-state index is -1.20. The Morgan fingerprint density at radius 1 is 1.18 bits per heavy atom. The van der Waals surface area contributed by atoms with Crippen LogP contribution in [0.2, 0.25) is 0 Å². The van der Waals surface area contributed by atoms with E-state index in [4.69, 9.17) is 9.47 Å². The molecule has 3 saturated heterocycles. The number of rotatable bonds is 10. The van der Waals surface area contributed by atoms with Crippen LogP contribution in [-0.4, -0.2) is 76.6 Å². The second-order valence-corrected chi connectivity index (χ2v) is 11.6. The van der Waals surface area contributed by atoms with Gasteiger partial charge in [0, 0.05) is 17.1 Å². The van der Waals surface area contributed by atoms with Gasteiger partial charge in [-0.1, -0.05) is 53.2 Å². The molecule has 3 amide bonds. The molecule has 3 aliphatic rings. The summed E-state index contributed by atoms with van der Waals surface area (Å²) in [4.78, 5) is 42.9. The normalized spacial score (nSPS) is 29.7. The van der Waals surface area contributed by atoms with Gasteiger partial charge in [-0.2, -0.15) is 0 Å². The van der Waals surface area contributed by atoms with Gasteiger partial charge in [0.1, 0.15) is 17.4 Å². The average Bonchev–Trinajstić information content (AvgIpc) is 3.54. The third-order valence-electron chi connectivity index (χ3n) is 8.10. The Morgan fingerprint density at radius 2 is 1.90 bits per heavy atom. The number of benzene rings is 2. The monoisotopic (exact) mass is 599 g/mol. The molecule has 10 heteroatoms. The average molecular weight is 601 g/mol. The number of aliphatic hydroxyl groups is 1. The molecule has 2 aromatic rings. The summed E-state index contributed by atoms with van der Waals surface area (Å²) in [7, 11) is 1.56. The van der Waals surface area contributed by atoms with Gasteiger partial charge in [-0.25, -0.2) is 0 Å². The predicted molar refractivity (Wildman–Crippen MR) is 148 cm³/mol. The highest BCUT2D eigenvalue weighted by atomic mass is 79.9. The van der Waals surface area contributed by atoms with Crippen LogP contribution >= 0.6 is 15.9 Å². The van der Waals surface area contributed by atoms with Crippen LogP contribution in [0.4, 0.5) is 5.69 Å². The number of anilines is 1. The smallest absolute Gasteiger partial charge is 0.250 e. The topological polar surface area (TPSA) is 117 Å². The van der Waals surface area contributed by atoms with E-state index in [1.54, 1.807) is 31.4 Å². The Morgan fingerprint density at radius 3 is 2.54 bits per heavy atom. The number of aliphatic hydroxyl groups excluding tert-OH is 1. The van der Waals surface area contributed by atoms with Crippen LogP contribution in [0.3, 0.4) is 0 Å². The number of likely N-dealkylation sites (tertiary alicyclic amines) is 1. The quantitative estimate of drug-likeness (QED) is 0.361. The van der Waals surface area contributed by atoms with Crippen molar-refractivity contribution in [3.8, 4) is 5.75 Å². The Labute approximate surface area is 236 Å². The number of nitrogens with one attached hydrogen (secondary N) is 2. The molecule has 9 nitrogen and oxygen atoms in total. The van der Waals surface area contributed by atoms with Gasteiger partial charge in [-0.15, -0.1) is 0 Å². The van der Waals surface area contributed by atoms with Crippen molar-refractivity contribution in [1.82, 2.24) is 10.2 Å². The first kappa shape index (κ1) is 27.6. The van der Waals surface area contributed by atoms with E-state index in [1.807, 2.05) is 37.3 Å². The SMILES string of the molecule is CCCNC(=O)[C@H]1[C@H]2C(=O)N([C@@H](CO)Cc3ccccc3)C(C(=O)Nc3ccc(OC)cc3)C23CC(Br)[C@@H]1O3. The molecule has 0 aromatic heterocycles. The van der Waals surface area contributed by atoms with Crippen LogP contribution in [0.25, 0.3) is 0 Å². The van der Waals surface area contributed by atoms with Crippen LogP contribution in [0.15, 0.2) is 54.6 Å². The fourth-order valence-corrected chi connectivity index (χ4v) is 7.39. The van der Waals surface area contributed by atoms with Crippen molar-refractivity contribution in [2.45, 2.75) is 54.8 Å². The molecule has 3 heterocycles. The number of nitrogens with zero attached hydrogens (tertiary/aromatic N) is 1. The number of carbonyl (C=O) groups is 3. The number of halogens is 1. The van der Waals surface area contributed by atoms with Crippen molar-refractivity contribution in [2.24, 2.45) is 11.8 Å². The fraction of sp³-hybridized carbons (Fsp3) is 0.483. The van der Waals surface area contributed by atoms with Gasteiger partial charge < -0.3 is 30.1 Å². The summed E-state index contributed by atoms with van der Waals surface area (Å²) >= 11 is 3.68. The van der Waals surface area contributed by atoms with Gasteiger partial charge in [-0.3, -0.25) is 14.4 Å². The lowest BCUT2D eigenvalue weighted by atomic mass is 9.70. The lowest BCUT2D eigenvalue weighted by Crippen LogP contribution is -2.57. The first-order chi connectivity index (χ1) is 18.8. The van der Waals surface area contributed by atoms with Gasteiger partial charge in [0.2, 0.25) is 17.7 Å². The highest BCUT2D eigenvalue weighted by Gasteiger charge is 2.77. The molecule has 0 saturated carbocycles. The van der Waals surface area contributed by atoms with Gasteiger partial charge in [-0.05, 0) is 49.1 Å². The fourth-order valence-electron chi connectivity index (χ4n) is 6.45. The van der Waals surface area contributed by atoms with E-state index in [0.717, 1.165) is 12.0 Å². The molecule has 0 radical (unpaired) electrons. The van der Waals surface area contributed by atoms with Crippen molar-refractivity contribution in [3.05, 3.63) is 60.2 Å². The van der Waals surface area contributed by atoms with Crippen LogP contribution in [0.1, 0.15) is 25.3 Å². The molecule has 39 heavy (non-hydrogen) atoms. The van der Waals surface area contributed by atoms with Gasteiger partial charge in [0.15, 0.2) is 0 Å². The highest BCUT2D eigenvalue weighted by Crippen LogP contribution is 2.60. The van der Waals surface area contributed by atoms with Crippen LogP contribution < -0.4 is 15.4 Å². The number of hydrogen-bond acceptors (Lipinski definition) is 6. The Hall–Kier alpha value is -2.95. The standard InChI is InChI=1S/C29H34BrN3O6/c1-3-13-31-26(35)22-23-28(37)33(19(16-34)14-17-7-5-4-6-8-17)25(29(23)15-21(30)24(22)39-29)27(36)32-18-9-11-20(38-2)12-10-18/h4-12,19,21-25,34H,3,13-16H2,1-2H3,(H,31,35)(H,32,36)/t19-,21?,22+,23+,24+,25?,29?/m1/s1. The van der Waals surface area contributed by atoms with E-state index >= 15 is 0 Å². The lowest BCUT2D eigenvalue weighted by Gasteiger charge is -2.37. The summed E-state index contributed by atoms with van der Waals surface area (Å²) in [5.41, 5.74) is 0.260. The number of methoxy groups -OCH3 is 1. The molecule has 3 aliphatic heterocycles. The van der Waals surface area contributed by atoms with Gasteiger partial charge >= 0.3 is 0 Å². The summed E-state index contributed by atoms with van der Waals surface area (Å²) in [5, 5.41) is 16.4. The van der Waals surface area contributed by atoms with Crippen molar-refractivity contribution < 1.29 is 29.0 Å². The first-order valence-electron chi connectivity index (χ1n) is 13.4. The molecule has 3 N–H and O–H groups in total. The largest absolute Gasteiger partial charge is 0.497 e. The number of carbonyl (C=O) groups excluding carboxylic acids is 3. The third kappa shape index (κ3) is 4.83. The number of ether oxygens (including phenoxy) is 2.